The van der Waals surface area contributed by atoms with E-state index in [4.69, 9.17) is 23.9 Å². The topological polar surface area (TPSA) is 107 Å². The number of fused-ring (bicyclic) bond motifs is 2. The van der Waals surface area contributed by atoms with E-state index in [0.29, 0.717) is 71.2 Å². The first-order chi connectivity index (χ1) is 22.2. The molecule has 1 saturated heterocycles. The summed E-state index contributed by atoms with van der Waals surface area (Å²) >= 11 is 1.28. The zero-order chi connectivity index (χ0) is 32.5. The van der Waals surface area contributed by atoms with E-state index in [-0.39, 0.29) is 17.4 Å². The summed E-state index contributed by atoms with van der Waals surface area (Å²) in [6.07, 6.45) is 1.57. The van der Waals surface area contributed by atoms with Crippen molar-refractivity contribution in [3.63, 3.8) is 0 Å². The summed E-state index contributed by atoms with van der Waals surface area (Å²) in [4.78, 5) is 33.9. The van der Waals surface area contributed by atoms with E-state index in [1.54, 1.807) is 24.3 Å². The Bertz CT molecular complexity index is 1830. The molecule has 6 rings (SSSR count). The van der Waals surface area contributed by atoms with E-state index < -0.39 is 17.7 Å². The van der Waals surface area contributed by atoms with Gasteiger partial charge in [0.25, 0.3) is 5.78 Å². The van der Waals surface area contributed by atoms with E-state index >= 15 is 0 Å². The third-order valence-electron chi connectivity index (χ3n) is 8.02. The number of anilines is 1. The molecule has 2 aliphatic rings. The van der Waals surface area contributed by atoms with Crippen LogP contribution >= 0.6 is 11.3 Å². The predicted octanol–water partition coefficient (Wildman–Crippen LogP) is 7.47. The van der Waals surface area contributed by atoms with Crippen LogP contribution in [0.15, 0.2) is 60.2 Å². The van der Waals surface area contributed by atoms with E-state index in [1.165, 1.54) is 16.2 Å². The molecule has 0 spiro atoms. The molecule has 10 heteroatoms. The third kappa shape index (κ3) is 6.01. The van der Waals surface area contributed by atoms with Crippen LogP contribution in [0, 0.1) is 5.92 Å². The van der Waals surface area contributed by atoms with Crippen LogP contribution in [0.2, 0.25) is 0 Å². The molecule has 9 nitrogen and oxygen atoms in total. The lowest BCUT2D eigenvalue weighted by Crippen LogP contribution is -2.29. The van der Waals surface area contributed by atoms with Crippen LogP contribution in [0.4, 0.5) is 5.13 Å². The summed E-state index contributed by atoms with van der Waals surface area (Å²) < 4.78 is 24.4. The summed E-state index contributed by atoms with van der Waals surface area (Å²) in [6, 6.07) is 15.3. The lowest BCUT2D eigenvalue weighted by Gasteiger charge is -2.24. The van der Waals surface area contributed by atoms with Gasteiger partial charge in [-0.2, -0.15) is 0 Å². The smallest absolute Gasteiger partial charge is 0.301 e. The van der Waals surface area contributed by atoms with Gasteiger partial charge in [0.1, 0.15) is 23.4 Å². The quantitative estimate of drug-likeness (QED) is 0.102. The molecule has 0 saturated carbocycles. The average molecular weight is 643 g/mol. The van der Waals surface area contributed by atoms with Crippen LogP contribution in [0.5, 0.6) is 23.0 Å². The zero-order valence-electron chi connectivity index (χ0n) is 26.7. The highest BCUT2D eigenvalue weighted by Crippen LogP contribution is 2.46. The largest absolute Gasteiger partial charge is 0.507 e. The maximum atomic E-state index is 13.9. The number of aliphatic hydroxyl groups excluding tert-OH is 1. The van der Waals surface area contributed by atoms with Crippen molar-refractivity contribution < 1.29 is 33.6 Å². The molecule has 0 radical (unpaired) electrons. The molecule has 3 heterocycles. The molecule has 1 N–H and O–H groups in total. The maximum absolute atomic E-state index is 13.9. The first-order valence-corrected chi connectivity index (χ1v) is 16.5. The Balaban J connectivity index is 1.49. The van der Waals surface area contributed by atoms with Crippen molar-refractivity contribution in [3.8, 4) is 23.0 Å². The van der Waals surface area contributed by atoms with Gasteiger partial charge in [-0.15, -0.1) is 0 Å². The van der Waals surface area contributed by atoms with Gasteiger partial charge in [0.2, 0.25) is 0 Å². The molecule has 0 unspecified atom stereocenters. The molecule has 0 aliphatic carbocycles. The number of Topliss-reactive ketones (excluding diaryl/α,β-unsaturated/α-hetero) is 1. The van der Waals surface area contributed by atoms with Crippen LogP contribution in [0.3, 0.4) is 0 Å². The molecular weight excluding hydrogens is 604 g/mol. The van der Waals surface area contributed by atoms with Crippen LogP contribution in [0.25, 0.3) is 16.0 Å². The van der Waals surface area contributed by atoms with Crippen LogP contribution in [0.1, 0.15) is 63.8 Å². The monoisotopic (exact) mass is 642 g/mol. The number of ketones is 1. The molecule has 2 aliphatic heterocycles. The van der Waals surface area contributed by atoms with Gasteiger partial charge in [0.15, 0.2) is 16.6 Å². The number of nitrogens with zero attached hydrogens (tertiary/aromatic N) is 2. The van der Waals surface area contributed by atoms with Crippen molar-refractivity contribution in [2.24, 2.45) is 5.92 Å². The number of thiazole rings is 1. The first-order valence-electron chi connectivity index (χ1n) is 15.7. The maximum Gasteiger partial charge on any atom is 0.301 e. The van der Waals surface area contributed by atoms with Crippen molar-refractivity contribution in [1.29, 1.82) is 0 Å². The second kappa shape index (κ2) is 13.0. The number of amides is 1. The first kappa shape index (κ1) is 31.4. The summed E-state index contributed by atoms with van der Waals surface area (Å²) in [6.45, 7) is 11.5. The molecule has 2 atom stereocenters. The highest BCUT2D eigenvalue weighted by Gasteiger charge is 2.48. The molecule has 1 amide bonds. The summed E-state index contributed by atoms with van der Waals surface area (Å²) in [5, 5.41) is 12.1. The second-order valence-corrected chi connectivity index (χ2v) is 12.9. The fourth-order valence-corrected chi connectivity index (χ4v) is 6.83. The lowest BCUT2D eigenvalue weighted by atomic mass is 9.94. The van der Waals surface area contributed by atoms with Gasteiger partial charge < -0.3 is 24.1 Å². The average Bonchev–Trinajstić information content (AvgIpc) is 3.69. The molecule has 1 fully saturated rings. The Kier molecular flexibility index (Phi) is 8.90. The fraction of sp³-hybridized carbons (Fsp3) is 0.361. The van der Waals surface area contributed by atoms with Gasteiger partial charge in [0.05, 0.1) is 41.7 Å². The minimum absolute atomic E-state index is 0.0125. The number of carbonyl (C=O) groups excluding carboxylic acids is 2. The number of rotatable bonds is 11. The summed E-state index contributed by atoms with van der Waals surface area (Å²) in [5.41, 5.74) is 2.58. The summed E-state index contributed by atoms with van der Waals surface area (Å²) in [7, 11) is 0. The van der Waals surface area contributed by atoms with E-state index in [2.05, 4.69) is 13.8 Å². The Morgan fingerprint density at radius 3 is 2.59 bits per heavy atom. The van der Waals surface area contributed by atoms with Gasteiger partial charge in [-0.25, -0.2) is 4.98 Å². The number of hydrogen-bond acceptors (Lipinski definition) is 9. The molecule has 0 bridgehead atoms. The number of aromatic nitrogens is 1. The Morgan fingerprint density at radius 2 is 1.83 bits per heavy atom. The third-order valence-corrected chi connectivity index (χ3v) is 9.03. The predicted molar refractivity (Wildman–Crippen MR) is 178 cm³/mol. The van der Waals surface area contributed by atoms with Gasteiger partial charge in [-0.1, -0.05) is 31.3 Å². The van der Waals surface area contributed by atoms with E-state index in [0.717, 1.165) is 22.4 Å². The molecule has 240 valence electrons. The van der Waals surface area contributed by atoms with E-state index in [1.807, 2.05) is 51.1 Å². The number of hydrogen-bond donors (Lipinski definition) is 1. The molecule has 46 heavy (non-hydrogen) atoms. The lowest BCUT2D eigenvalue weighted by molar-refractivity contribution is -0.132. The van der Waals surface area contributed by atoms with Crippen LogP contribution in [-0.2, 0) is 16.0 Å². The minimum atomic E-state index is -0.973. The van der Waals surface area contributed by atoms with Gasteiger partial charge in [0, 0.05) is 12.0 Å². The molecule has 1 aromatic heterocycles. The van der Waals surface area contributed by atoms with Crippen molar-refractivity contribution in [2.75, 3.05) is 24.7 Å². The number of aliphatic hydroxyl groups is 1. The minimum Gasteiger partial charge on any atom is -0.507 e. The Hall–Kier alpha value is -4.57. The van der Waals surface area contributed by atoms with Crippen molar-refractivity contribution >= 4 is 44.1 Å². The molecule has 3 aromatic carbocycles. The molecule has 4 aromatic rings. The van der Waals surface area contributed by atoms with Gasteiger partial charge in [-0.3, -0.25) is 14.5 Å². The zero-order valence-corrected chi connectivity index (χ0v) is 27.5. The Labute approximate surface area is 272 Å². The molecular formula is C36H38N2O7S. The van der Waals surface area contributed by atoms with Crippen molar-refractivity contribution in [3.05, 3.63) is 76.9 Å². The van der Waals surface area contributed by atoms with Gasteiger partial charge >= 0.3 is 5.91 Å². The summed E-state index contributed by atoms with van der Waals surface area (Å²) in [5.74, 6) is 1.14. The standard InChI is InChI=1S/C36H38N2O7S/c1-6-42-25-10-11-26-30(19-25)46-36(37-26)38-32(22-8-13-28(29(18-22)43-7-2)44-15-14-20(3)4)31(34(40)35(38)41)33(39)23-9-12-27-24(17-23)16-21(5)45-27/h8-13,17-21,32,39H,6-7,14-16H2,1-5H3/b33-31+/t21-,32-/m1/s1. The van der Waals surface area contributed by atoms with Crippen molar-refractivity contribution in [1.82, 2.24) is 4.98 Å². The number of ether oxygens (including phenoxy) is 4. The number of carbonyl (C=O) groups is 2. The second-order valence-electron chi connectivity index (χ2n) is 11.9. The van der Waals surface area contributed by atoms with Gasteiger partial charge in [-0.05, 0) is 92.8 Å². The van der Waals surface area contributed by atoms with Crippen molar-refractivity contribution in [2.45, 2.75) is 59.6 Å². The van der Waals surface area contributed by atoms with Crippen LogP contribution in [-0.4, -0.2) is 47.7 Å². The highest BCUT2D eigenvalue weighted by atomic mass is 32.1. The normalized spacial score (nSPS) is 18.7. The highest BCUT2D eigenvalue weighted by molar-refractivity contribution is 7.22. The van der Waals surface area contributed by atoms with E-state index in [9.17, 15) is 14.7 Å². The fourth-order valence-electron chi connectivity index (χ4n) is 5.81. The number of benzene rings is 3. The van der Waals surface area contributed by atoms with Crippen LogP contribution < -0.4 is 23.8 Å². The Morgan fingerprint density at radius 1 is 1.02 bits per heavy atom. The SMILES string of the molecule is CCOc1ccc2nc(N3C(=O)C(=O)/C(=C(/O)c4ccc5c(c4)C[C@@H](C)O5)[C@H]3c3ccc(OCCC(C)C)c(OCC)c3)sc2c1.